The van der Waals surface area contributed by atoms with Crippen LogP contribution in [0.3, 0.4) is 0 Å². The predicted octanol–water partition coefficient (Wildman–Crippen LogP) is 3.63. The van der Waals surface area contributed by atoms with E-state index in [2.05, 4.69) is 24.5 Å². The van der Waals surface area contributed by atoms with Gasteiger partial charge in [-0.05, 0) is 54.8 Å². The van der Waals surface area contributed by atoms with Gasteiger partial charge in [0.1, 0.15) is 5.82 Å². The third kappa shape index (κ3) is 6.57. The summed E-state index contributed by atoms with van der Waals surface area (Å²) in [6.45, 7) is 4.52. The number of carbonyl (C=O) groups is 2. The quantitative estimate of drug-likeness (QED) is 0.688. The van der Waals surface area contributed by atoms with Crippen molar-refractivity contribution < 1.29 is 23.5 Å². The number of ether oxygens (including phenoxy) is 2. The molecule has 0 aromatic heterocycles. The summed E-state index contributed by atoms with van der Waals surface area (Å²) in [5, 5.41) is 5.46. The molecule has 0 saturated heterocycles. The molecule has 0 aliphatic rings. The maximum atomic E-state index is 12.9. The first kappa shape index (κ1) is 21.2. The predicted molar refractivity (Wildman–Crippen MR) is 105 cm³/mol. The van der Waals surface area contributed by atoms with Crippen LogP contribution in [0.1, 0.15) is 30.6 Å². The lowest BCUT2D eigenvalue weighted by molar-refractivity contribution is -0.118. The van der Waals surface area contributed by atoms with Gasteiger partial charge in [0.15, 0.2) is 18.1 Å². The number of carbonyl (C=O) groups excluding carboxylic acids is 2. The van der Waals surface area contributed by atoms with Crippen molar-refractivity contribution in [1.82, 2.24) is 5.32 Å². The molecular weight excluding hydrogens is 363 g/mol. The molecule has 0 atom stereocenters. The van der Waals surface area contributed by atoms with E-state index < -0.39 is 5.91 Å². The van der Waals surface area contributed by atoms with Crippen molar-refractivity contribution in [3.63, 3.8) is 0 Å². The van der Waals surface area contributed by atoms with Gasteiger partial charge in [-0.25, -0.2) is 4.39 Å². The normalized spacial score (nSPS) is 10.5. The van der Waals surface area contributed by atoms with Crippen LogP contribution in [0.5, 0.6) is 11.5 Å². The first-order valence-electron chi connectivity index (χ1n) is 9.03. The lowest BCUT2D eigenvalue weighted by atomic mass is 10.1. The maximum absolute atomic E-state index is 12.9. The second-order valence-electron chi connectivity index (χ2n) is 6.65. The van der Waals surface area contributed by atoms with Crippen molar-refractivity contribution in [1.29, 1.82) is 0 Å². The topological polar surface area (TPSA) is 76.7 Å². The molecule has 2 rings (SSSR count). The maximum Gasteiger partial charge on any atom is 0.262 e. The second kappa shape index (κ2) is 10.3. The van der Waals surface area contributed by atoms with Crippen molar-refractivity contribution in [3.05, 3.63) is 53.8 Å². The van der Waals surface area contributed by atoms with Gasteiger partial charge < -0.3 is 20.1 Å². The summed E-state index contributed by atoms with van der Waals surface area (Å²) in [7, 11) is 1.46. The minimum Gasteiger partial charge on any atom is -0.493 e. The summed E-state index contributed by atoms with van der Waals surface area (Å²) in [5.41, 5.74) is 0.916. The molecule has 0 radical (unpaired) electrons. The highest BCUT2D eigenvalue weighted by molar-refractivity contribution is 5.95. The van der Waals surface area contributed by atoms with Crippen LogP contribution in [0.4, 0.5) is 10.1 Å². The Kier molecular flexibility index (Phi) is 7.80. The number of hydrogen-bond acceptors (Lipinski definition) is 4. The van der Waals surface area contributed by atoms with Crippen LogP contribution in [-0.2, 0) is 4.79 Å². The summed E-state index contributed by atoms with van der Waals surface area (Å²) in [6.07, 6.45) is 0.896. The summed E-state index contributed by atoms with van der Waals surface area (Å²) in [6, 6.07) is 10.2. The Balaban J connectivity index is 1.93. The zero-order valence-corrected chi connectivity index (χ0v) is 16.3. The van der Waals surface area contributed by atoms with Gasteiger partial charge in [-0.15, -0.1) is 0 Å². The van der Waals surface area contributed by atoms with Gasteiger partial charge in [0.05, 0.1) is 7.11 Å². The van der Waals surface area contributed by atoms with Gasteiger partial charge in [-0.2, -0.15) is 0 Å². The Morgan fingerprint density at radius 1 is 1.07 bits per heavy atom. The highest BCUT2D eigenvalue weighted by atomic mass is 19.1. The number of halogens is 1. The van der Waals surface area contributed by atoms with E-state index in [1.807, 2.05) is 0 Å². The first-order valence-corrected chi connectivity index (χ1v) is 9.03. The standard InChI is InChI=1S/C21H25FN2O4/c1-14(2)10-11-23-21(26)15-4-9-18(19(12-15)27-3)28-13-20(25)24-17-7-5-16(22)6-8-17/h4-9,12,14H,10-11,13H2,1-3H3,(H,23,26)(H,24,25). The summed E-state index contributed by atoms with van der Waals surface area (Å²) >= 11 is 0. The van der Waals surface area contributed by atoms with Crippen molar-refractivity contribution in [2.45, 2.75) is 20.3 Å². The van der Waals surface area contributed by atoms with Crippen LogP contribution in [0.25, 0.3) is 0 Å². The third-order valence-electron chi connectivity index (χ3n) is 3.92. The molecule has 0 spiro atoms. The number of hydrogen-bond donors (Lipinski definition) is 2. The van der Waals surface area contributed by atoms with Gasteiger partial charge in [0, 0.05) is 17.8 Å². The van der Waals surface area contributed by atoms with Gasteiger partial charge in [-0.3, -0.25) is 9.59 Å². The van der Waals surface area contributed by atoms with E-state index in [0.29, 0.717) is 35.2 Å². The van der Waals surface area contributed by atoms with Crippen molar-refractivity contribution >= 4 is 17.5 Å². The molecule has 150 valence electrons. The molecule has 6 nitrogen and oxygen atoms in total. The fourth-order valence-electron chi connectivity index (χ4n) is 2.38. The average Bonchev–Trinajstić information content (AvgIpc) is 2.67. The number of nitrogens with one attached hydrogen (secondary N) is 2. The van der Waals surface area contributed by atoms with Crippen LogP contribution in [0, 0.1) is 11.7 Å². The molecular formula is C21H25FN2O4. The Bertz CT molecular complexity index is 807. The largest absolute Gasteiger partial charge is 0.493 e. The monoisotopic (exact) mass is 388 g/mol. The third-order valence-corrected chi connectivity index (χ3v) is 3.92. The second-order valence-corrected chi connectivity index (χ2v) is 6.65. The molecule has 0 unspecified atom stereocenters. The fraction of sp³-hybridized carbons (Fsp3) is 0.333. The molecule has 7 heteroatoms. The van der Waals surface area contributed by atoms with E-state index >= 15 is 0 Å². The summed E-state index contributed by atoms with van der Waals surface area (Å²) in [5.74, 6) is 0.226. The molecule has 28 heavy (non-hydrogen) atoms. The van der Waals surface area contributed by atoms with Crippen LogP contribution < -0.4 is 20.1 Å². The Hall–Kier alpha value is -3.09. The number of anilines is 1. The number of rotatable bonds is 9. The van der Waals surface area contributed by atoms with E-state index in [0.717, 1.165) is 6.42 Å². The zero-order valence-electron chi connectivity index (χ0n) is 16.3. The molecule has 0 heterocycles. The van der Waals surface area contributed by atoms with E-state index in [4.69, 9.17) is 9.47 Å². The molecule has 2 amide bonds. The van der Waals surface area contributed by atoms with E-state index in [1.54, 1.807) is 18.2 Å². The smallest absolute Gasteiger partial charge is 0.262 e. The van der Waals surface area contributed by atoms with E-state index in [1.165, 1.54) is 31.4 Å². The molecule has 2 aromatic rings. The number of benzene rings is 2. The van der Waals surface area contributed by atoms with Gasteiger partial charge in [0.25, 0.3) is 11.8 Å². The highest BCUT2D eigenvalue weighted by Gasteiger charge is 2.13. The summed E-state index contributed by atoms with van der Waals surface area (Å²) in [4.78, 5) is 24.2. The molecule has 0 aliphatic heterocycles. The van der Waals surface area contributed by atoms with Crippen LogP contribution in [0.2, 0.25) is 0 Å². The fourth-order valence-corrected chi connectivity index (χ4v) is 2.38. The lowest BCUT2D eigenvalue weighted by Gasteiger charge is -2.13. The zero-order chi connectivity index (χ0) is 20.5. The first-order chi connectivity index (χ1) is 13.4. The molecule has 2 N–H and O–H groups in total. The van der Waals surface area contributed by atoms with Gasteiger partial charge in [-0.1, -0.05) is 13.8 Å². The Morgan fingerprint density at radius 2 is 1.79 bits per heavy atom. The van der Waals surface area contributed by atoms with Gasteiger partial charge >= 0.3 is 0 Å². The van der Waals surface area contributed by atoms with E-state index in [9.17, 15) is 14.0 Å². The molecule has 0 aliphatic carbocycles. The molecule has 2 aromatic carbocycles. The number of amides is 2. The number of methoxy groups -OCH3 is 1. The summed E-state index contributed by atoms with van der Waals surface area (Å²) < 4.78 is 23.6. The van der Waals surface area contributed by atoms with Crippen LogP contribution in [-0.4, -0.2) is 32.1 Å². The lowest BCUT2D eigenvalue weighted by Crippen LogP contribution is -2.25. The minimum absolute atomic E-state index is 0.195. The van der Waals surface area contributed by atoms with Crippen LogP contribution >= 0.6 is 0 Å². The van der Waals surface area contributed by atoms with Crippen molar-refractivity contribution in [2.75, 3.05) is 25.6 Å². The van der Waals surface area contributed by atoms with Crippen molar-refractivity contribution in [3.8, 4) is 11.5 Å². The molecule has 0 bridgehead atoms. The molecule has 0 fully saturated rings. The van der Waals surface area contributed by atoms with Gasteiger partial charge in [0.2, 0.25) is 0 Å². The Labute approximate surface area is 164 Å². The highest BCUT2D eigenvalue weighted by Crippen LogP contribution is 2.28. The average molecular weight is 388 g/mol. The SMILES string of the molecule is COc1cc(C(=O)NCCC(C)C)ccc1OCC(=O)Nc1ccc(F)cc1. The minimum atomic E-state index is -0.399. The Morgan fingerprint density at radius 3 is 2.43 bits per heavy atom. The van der Waals surface area contributed by atoms with E-state index in [-0.39, 0.29) is 18.3 Å². The molecule has 0 saturated carbocycles. The van der Waals surface area contributed by atoms with Crippen LogP contribution in [0.15, 0.2) is 42.5 Å². The van der Waals surface area contributed by atoms with Crippen molar-refractivity contribution in [2.24, 2.45) is 5.92 Å².